The van der Waals surface area contributed by atoms with Gasteiger partial charge in [0.15, 0.2) is 0 Å². The van der Waals surface area contributed by atoms with Crippen molar-refractivity contribution < 1.29 is 33.3 Å². The van der Waals surface area contributed by atoms with E-state index in [0.717, 1.165) is 11.1 Å². The molecule has 0 bridgehead atoms. The smallest absolute Gasteiger partial charge is 0.437 e. The zero-order valence-electron chi connectivity index (χ0n) is 30.0. The van der Waals surface area contributed by atoms with Crippen molar-refractivity contribution in [3.05, 3.63) is 71.4 Å². The Balaban J connectivity index is 2.00. The van der Waals surface area contributed by atoms with Gasteiger partial charge in [-0.2, -0.15) is 0 Å². The molecule has 2 heterocycles. The summed E-state index contributed by atoms with van der Waals surface area (Å²) in [6.45, 7) is 16.9. The number of methoxy groups -OCH3 is 1. The van der Waals surface area contributed by atoms with Crippen molar-refractivity contribution >= 4 is 30.3 Å². The van der Waals surface area contributed by atoms with Crippen LogP contribution in [0.1, 0.15) is 86.3 Å². The van der Waals surface area contributed by atoms with Crippen LogP contribution in [0.3, 0.4) is 0 Å². The number of hydrogen-bond donors (Lipinski definition) is 0. The Hall–Kier alpha value is -4.54. The second kappa shape index (κ2) is 13.9. The molecule has 11 nitrogen and oxygen atoms in total. The third-order valence-electron chi connectivity index (χ3n) is 7.56. The number of benzene rings is 2. The summed E-state index contributed by atoms with van der Waals surface area (Å²) in [5.74, 6) is 0.730. The van der Waals surface area contributed by atoms with Crippen LogP contribution in [0.25, 0.3) is 6.08 Å². The molecule has 0 aromatic heterocycles. The van der Waals surface area contributed by atoms with E-state index in [9.17, 15) is 14.4 Å². The molecule has 2 aliphatic heterocycles. The van der Waals surface area contributed by atoms with Crippen molar-refractivity contribution in [3.8, 4) is 5.75 Å². The van der Waals surface area contributed by atoms with E-state index in [2.05, 4.69) is 4.99 Å². The normalized spacial score (nSPS) is 20.3. The number of aliphatic imine (C=N–C) groups is 1. The number of guanidine groups is 1. The Labute approximate surface area is 284 Å². The van der Waals surface area contributed by atoms with Gasteiger partial charge < -0.3 is 28.7 Å². The van der Waals surface area contributed by atoms with E-state index in [1.165, 1.54) is 4.90 Å². The second-order valence-electron chi connectivity index (χ2n) is 15.1. The molecule has 0 aliphatic carbocycles. The first kappa shape index (κ1) is 36.3. The van der Waals surface area contributed by atoms with Gasteiger partial charge in [-0.05, 0) is 104 Å². The fraction of sp³-hybridized carbons (Fsp3) is 0.514. The summed E-state index contributed by atoms with van der Waals surface area (Å²) < 4.78 is 22.8. The predicted molar refractivity (Wildman–Crippen MR) is 184 cm³/mol. The number of likely N-dealkylation sites (tertiary alicyclic amines) is 1. The predicted octanol–water partition coefficient (Wildman–Crippen LogP) is 7.85. The lowest BCUT2D eigenvalue weighted by Crippen LogP contribution is -2.58. The number of carbonyl (C=O) groups is 3. The lowest BCUT2D eigenvalue weighted by atomic mass is 9.84. The number of nitrogens with zero attached hydrogens (tertiary/aromatic N) is 4. The molecule has 1 unspecified atom stereocenters. The van der Waals surface area contributed by atoms with Gasteiger partial charge in [0, 0.05) is 13.1 Å². The number of rotatable bonds is 4. The lowest BCUT2D eigenvalue weighted by molar-refractivity contribution is 0.00601. The largest absolute Gasteiger partial charge is 0.497 e. The Morgan fingerprint density at radius 3 is 1.96 bits per heavy atom. The molecular weight excluding hydrogens is 612 g/mol. The molecule has 1 atom stereocenters. The van der Waals surface area contributed by atoms with E-state index >= 15 is 0 Å². The molecule has 2 aromatic rings. The van der Waals surface area contributed by atoms with Gasteiger partial charge in [-0.15, -0.1) is 4.99 Å². The third-order valence-corrected chi connectivity index (χ3v) is 7.56. The van der Waals surface area contributed by atoms with Crippen molar-refractivity contribution in [1.29, 1.82) is 0 Å². The van der Waals surface area contributed by atoms with Crippen LogP contribution in [0.2, 0.25) is 0 Å². The van der Waals surface area contributed by atoms with Crippen molar-refractivity contribution in [1.82, 2.24) is 14.7 Å². The summed E-state index contributed by atoms with van der Waals surface area (Å²) >= 11 is 0. The molecule has 2 aliphatic rings. The average Bonchev–Trinajstić information content (AvgIpc) is 3.18. The highest BCUT2D eigenvalue weighted by molar-refractivity contribution is 6.05. The molecule has 0 radical (unpaired) electrons. The van der Waals surface area contributed by atoms with E-state index in [0.29, 0.717) is 30.8 Å². The summed E-state index contributed by atoms with van der Waals surface area (Å²) in [4.78, 5) is 50.9. The van der Waals surface area contributed by atoms with Gasteiger partial charge in [-0.3, -0.25) is 0 Å². The Bertz CT molecular complexity index is 1530. The number of amides is 3. The summed E-state index contributed by atoms with van der Waals surface area (Å²) in [5, 5.41) is 0. The zero-order chi connectivity index (χ0) is 35.5. The van der Waals surface area contributed by atoms with Gasteiger partial charge >= 0.3 is 18.3 Å². The standard InChI is InChI=1S/C37H50N4O7/c1-34(2,3)46-31(42)38-30-40(24-27-17-19-28(45-10)20-18-27)37(21-14-22-39(25-37)32(43)47-35(4,5)6)29(23-26-15-12-11-13-16-26)41(30)33(44)48-36(7,8)9/h11-13,15-20,23H,14,21-22,24-25H2,1-10H3/b29-23-,38-30-. The topological polar surface area (TPSA) is 110 Å². The molecule has 2 aromatic carbocycles. The summed E-state index contributed by atoms with van der Waals surface area (Å²) in [6, 6.07) is 17.1. The number of carbonyl (C=O) groups excluding carboxylic acids is 3. The van der Waals surface area contributed by atoms with Crippen LogP contribution in [-0.2, 0) is 20.8 Å². The minimum absolute atomic E-state index is 0.0440. The van der Waals surface area contributed by atoms with Crippen LogP contribution < -0.4 is 4.74 Å². The SMILES string of the molecule is COc1ccc(CN2/C(=N/C(=O)OC(C)(C)C)N(C(=O)OC(C)(C)C)/C(=C\c3ccccc3)C23CCCN(C(=O)OC(C)(C)C)C3)cc1. The van der Waals surface area contributed by atoms with Crippen LogP contribution >= 0.6 is 0 Å². The second-order valence-corrected chi connectivity index (χ2v) is 15.1. The van der Waals surface area contributed by atoms with E-state index in [1.54, 1.807) is 53.6 Å². The minimum atomic E-state index is -1.03. The van der Waals surface area contributed by atoms with Crippen LogP contribution in [0.15, 0.2) is 65.3 Å². The molecule has 4 rings (SSSR count). The minimum Gasteiger partial charge on any atom is -0.497 e. The monoisotopic (exact) mass is 662 g/mol. The van der Waals surface area contributed by atoms with Crippen LogP contribution in [0, 0.1) is 0 Å². The van der Waals surface area contributed by atoms with Gasteiger partial charge in [0.1, 0.15) is 28.1 Å². The number of piperidine rings is 1. The van der Waals surface area contributed by atoms with E-state index < -0.39 is 40.6 Å². The maximum Gasteiger partial charge on any atom is 0.437 e. The van der Waals surface area contributed by atoms with Gasteiger partial charge in [0.25, 0.3) is 0 Å². The number of ether oxygens (including phenoxy) is 4. The summed E-state index contributed by atoms with van der Waals surface area (Å²) in [6.07, 6.45) is 0.993. The van der Waals surface area contributed by atoms with Gasteiger partial charge in [-0.1, -0.05) is 42.5 Å². The first-order valence-corrected chi connectivity index (χ1v) is 16.3. The fourth-order valence-electron chi connectivity index (χ4n) is 5.72. The fourth-order valence-corrected chi connectivity index (χ4v) is 5.72. The highest BCUT2D eigenvalue weighted by atomic mass is 16.6. The molecule has 3 amide bonds. The van der Waals surface area contributed by atoms with Crippen LogP contribution in [-0.4, -0.2) is 81.5 Å². The molecule has 0 N–H and O–H groups in total. The molecule has 2 saturated heterocycles. The molecular formula is C37H50N4O7. The molecule has 1 spiro atoms. The third kappa shape index (κ3) is 9.08. The zero-order valence-corrected chi connectivity index (χ0v) is 30.0. The first-order chi connectivity index (χ1) is 22.3. The maximum atomic E-state index is 14.3. The molecule has 2 fully saturated rings. The Kier molecular flexibility index (Phi) is 10.5. The molecule has 48 heavy (non-hydrogen) atoms. The van der Waals surface area contributed by atoms with Gasteiger partial charge in [-0.25, -0.2) is 19.3 Å². The van der Waals surface area contributed by atoms with E-state index in [-0.39, 0.29) is 19.0 Å². The highest BCUT2D eigenvalue weighted by Crippen LogP contribution is 2.45. The van der Waals surface area contributed by atoms with Gasteiger partial charge in [0.05, 0.1) is 19.4 Å². The summed E-state index contributed by atoms with van der Waals surface area (Å²) in [5.41, 5.74) is -1.23. The Morgan fingerprint density at radius 1 is 0.812 bits per heavy atom. The quantitative estimate of drug-likeness (QED) is 0.305. The van der Waals surface area contributed by atoms with E-state index in [1.807, 2.05) is 86.3 Å². The number of hydrogen-bond acceptors (Lipinski definition) is 7. The highest BCUT2D eigenvalue weighted by Gasteiger charge is 2.58. The van der Waals surface area contributed by atoms with Crippen LogP contribution in [0.4, 0.5) is 14.4 Å². The van der Waals surface area contributed by atoms with Crippen LogP contribution in [0.5, 0.6) is 5.75 Å². The Morgan fingerprint density at radius 2 is 1.40 bits per heavy atom. The van der Waals surface area contributed by atoms with Crippen molar-refractivity contribution in [2.75, 3.05) is 20.2 Å². The van der Waals surface area contributed by atoms with Crippen molar-refractivity contribution in [2.24, 2.45) is 4.99 Å². The maximum absolute atomic E-state index is 14.3. The lowest BCUT2D eigenvalue weighted by Gasteiger charge is -2.46. The first-order valence-electron chi connectivity index (χ1n) is 16.3. The van der Waals surface area contributed by atoms with Gasteiger partial charge in [0.2, 0.25) is 5.96 Å². The van der Waals surface area contributed by atoms with Crippen molar-refractivity contribution in [2.45, 2.75) is 104 Å². The molecule has 260 valence electrons. The molecule has 11 heteroatoms. The van der Waals surface area contributed by atoms with E-state index in [4.69, 9.17) is 18.9 Å². The summed E-state index contributed by atoms with van der Waals surface area (Å²) in [7, 11) is 1.60. The average molecular weight is 663 g/mol. The van der Waals surface area contributed by atoms with Crippen molar-refractivity contribution in [3.63, 3.8) is 0 Å². The molecule has 0 saturated carbocycles.